The zero-order chi connectivity index (χ0) is 13.5. The molecule has 0 aromatic heterocycles. The highest BCUT2D eigenvalue weighted by Gasteiger charge is 2.10. The summed E-state index contributed by atoms with van der Waals surface area (Å²) in [6.07, 6.45) is 1.77. The molecule has 0 aliphatic carbocycles. The van der Waals surface area contributed by atoms with Crippen LogP contribution < -0.4 is 0 Å². The van der Waals surface area contributed by atoms with Crippen LogP contribution in [0.4, 0.5) is 0 Å². The van der Waals surface area contributed by atoms with Crippen molar-refractivity contribution in [3.63, 3.8) is 0 Å². The largest absolute Gasteiger partial charge is 0.461 e. The Morgan fingerprint density at radius 1 is 1.41 bits per heavy atom. The van der Waals surface area contributed by atoms with Gasteiger partial charge in [0.25, 0.3) is 10.1 Å². The van der Waals surface area contributed by atoms with E-state index in [1.54, 1.807) is 0 Å². The molecule has 7 nitrogen and oxygen atoms in total. The summed E-state index contributed by atoms with van der Waals surface area (Å²) >= 11 is 0. The zero-order valence-corrected chi connectivity index (χ0v) is 9.90. The molecule has 1 N–H and O–H groups in total. The second-order valence-corrected chi connectivity index (χ2v) is 4.44. The molecule has 96 valence electrons. The molecule has 0 heterocycles. The molecule has 0 rings (SSSR count). The van der Waals surface area contributed by atoms with E-state index in [4.69, 9.17) is 4.55 Å². The van der Waals surface area contributed by atoms with E-state index < -0.39 is 34.4 Å². The third-order valence-electron chi connectivity index (χ3n) is 1.41. The van der Waals surface area contributed by atoms with Crippen molar-refractivity contribution < 1.29 is 32.0 Å². The Balaban J connectivity index is 4.14. The molecule has 0 fully saturated rings. The summed E-state index contributed by atoms with van der Waals surface area (Å²) in [6.45, 7) is 3.97. The quantitative estimate of drug-likeness (QED) is 0.312. The lowest BCUT2D eigenvalue weighted by atomic mass is 10.3. The summed E-state index contributed by atoms with van der Waals surface area (Å²) in [5, 5.41) is 0. The summed E-state index contributed by atoms with van der Waals surface area (Å²) < 4.78 is 37.9. The van der Waals surface area contributed by atoms with Gasteiger partial charge in [-0.1, -0.05) is 6.58 Å². The molecule has 0 radical (unpaired) electrons. The van der Waals surface area contributed by atoms with Crippen LogP contribution >= 0.6 is 0 Å². The Morgan fingerprint density at radius 3 is 2.47 bits per heavy atom. The topological polar surface area (TPSA) is 107 Å². The molecule has 8 heteroatoms. The van der Waals surface area contributed by atoms with Gasteiger partial charge >= 0.3 is 11.9 Å². The summed E-state index contributed by atoms with van der Waals surface area (Å²) in [4.78, 5) is 21.8. The van der Waals surface area contributed by atoms with Gasteiger partial charge in [-0.05, 0) is 6.92 Å². The van der Waals surface area contributed by atoms with Gasteiger partial charge in [-0.2, -0.15) is 8.42 Å². The van der Waals surface area contributed by atoms with Crippen LogP contribution in [0.15, 0.2) is 24.5 Å². The number of carbonyl (C=O) groups excluding carboxylic acids is 2. The number of esters is 2. The van der Waals surface area contributed by atoms with E-state index in [1.165, 1.54) is 6.92 Å². The summed E-state index contributed by atoms with van der Waals surface area (Å²) in [7, 11) is -4.17. The molecule has 17 heavy (non-hydrogen) atoms. The Hall–Kier alpha value is -1.67. The monoisotopic (exact) mass is 264 g/mol. The zero-order valence-electron chi connectivity index (χ0n) is 9.08. The fourth-order valence-corrected chi connectivity index (χ4v) is 0.890. The summed E-state index contributed by atoms with van der Waals surface area (Å²) in [6, 6.07) is 0. The number of carbonyl (C=O) groups is 2. The number of hydrogen-bond acceptors (Lipinski definition) is 6. The van der Waals surface area contributed by atoms with Crippen molar-refractivity contribution in [1.82, 2.24) is 0 Å². The predicted molar refractivity (Wildman–Crippen MR) is 57.4 cm³/mol. The molecule has 0 unspecified atom stereocenters. The Labute approximate surface area is 98.5 Å². The molecular formula is C9H12O7S. The van der Waals surface area contributed by atoms with Crippen LogP contribution in [0.1, 0.15) is 6.92 Å². The van der Waals surface area contributed by atoms with Crippen LogP contribution in [0.5, 0.6) is 0 Å². The van der Waals surface area contributed by atoms with Gasteiger partial charge in [0.1, 0.15) is 18.6 Å². The molecule has 0 saturated heterocycles. The molecule has 0 atom stereocenters. The van der Waals surface area contributed by atoms with Crippen LogP contribution in [0, 0.1) is 0 Å². The second kappa shape index (κ2) is 6.81. The van der Waals surface area contributed by atoms with Gasteiger partial charge in [-0.3, -0.25) is 4.55 Å². The smallest absolute Gasteiger partial charge is 0.336 e. The van der Waals surface area contributed by atoms with Crippen molar-refractivity contribution in [3.8, 4) is 0 Å². The van der Waals surface area contributed by atoms with Crippen LogP contribution in [-0.4, -0.2) is 37.3 Å². The van der Waals surface area contributed by atoms with Gasteiger partial charge in [-0.15, -0.1) is 0 Å². The van der Waals surface area contributed by atoms with Gasteiger partial charge in [-0.25, -0.2) is 9.59 Å². The number of ether oxygens (including phenoxy) is 2. The first-order chi connectivity index (χ1) is 7.76. The van der Waals surface area contributed by atoms with E-state index in [2.05, 4.69) is 16.1 Å². The van der Waals surface area contributed by atoms with E-state index in [9.17, 15) is 18.0 Å². The van der Waals surface area contributed by atoms with E-state index in [0.717, 1.165) is 12.3 Å². The first kappa shape index (κ1) is 15.3. The highest BCUT2D eigenvalue weighted by Crippen LogP contribution is 1.98. The maximum absolute atomic E-state index is 11.1. The number of rotatable bonds is 6. The molecule has 0 spiro atoms. The molecular weight excluding hydrogens is 252 g/mol. The van der Waals surface area contributed by atoms with E-state index in [1.807, 2.05) is 0 Å². The average molecular weight is 264 g/mol. The van der Waals surface area contributed by atoms with E-state index in [-0.39, 0.29) is 5.57 Å². The van der Waals surface area contributed by atoms with Crippen LogP contribution in [-0.2, 0) is 29.2 Å². The first-order valence-electron chi connectivity index (χ1n) is 4.38. The van der Waals surface area contributed by atoms with E-state index >= 15 is 0 Å². The van der Waals surface area contributed by atoms with Gasteiger partial charge < -0.3 is 9.47 Å². The molecule has 0 bridgehead atoms. The highest BCUT2D eigenvalue weighted by molar-refractivity contribution is 7.85. The Kier molecular flexibility index (Phi) is 6.15. The van der Waals surface area contributed by atoms with Crippen LogP contribution in [0.3, 0.4) is 0 Å². The van der Waals surface area contributed by atoms with Crippen molar-refractivity contribution in [2.24, 2.45) is 0 Å². The summed E-state index contributed by atoms with van der Waals surface area (Å²) in [5.41, 5.74) is -0.0319. The molecule has 0 aliphatic heterocycles. The molecule has 0 saturated carbocycles. The Morgan fingerprint density at radius 2 is 2.00 bits per heavy atom. The van der Waals surface area contributed by atoms with Crippen LogP contribution in [0.2, 0.25) is 0 Å². The minimum atomic E-state index is -4.17. The normalized spacial score (nSPS) is 11.8. The van der Waals surface area contributed by atoms with Gasteiger partial charge in [0.2, 0.25) is 0 Å². The van der Waals surface area contributed by atoms with Crippen molar-refractivity contribution in [2.75, 3.05) is 12.4 Å². The van der Waals surface area contributed by atoms with E-state index in [0.29, 0.717) is 0 Å². The fraction of sp³-hybridized carbons (Fsp3) is 0.333. The predicted octanol–water partition coefficient (Wildman–Crippen LogP) is 0.0504. The van der Waals surface area contributed by atoms with Crippen molar-refractivity contribution >= 4 is 22.1 Å². The SMILES string of the molecule is C=CC(=O)OC=C(C)C(=O)OCCS(=O)(=O)O. The Bertz CT molecular complexity index is 432. The highest BCUT2D eigenvalue weighted by atomic mass is 32.2. The third kappa shape index (κ3) is 8.17. The van der Waals surface area contributed by atoms with Gasteiger partial charge in [0, 0.05) is 6.08 Å². The molecule has 0 amide bonds. The minimum Gasteiger partial charge on any atom is -0.461 e. The lowest BCUT2D eigenvalue weighted by molar-refractivity contribution is -0.138. The molecule has 0 aromatic carbocycles. The lowest BCUT2D eigenvalue weighted by Gasteiger charge is -2.03. The van der Waals surface area contributed by atoms with Crippen molar-refractivity contribution in [1.29, 1.82) is 0 Å². The summed E-state index contributed by atoms with van der Waals surface area (Å²) in [5.74, 6) is -2.29. The van der Waals surface area contributed by atoms with Gasteiger partial charge in [0.05, 0.1) is 5.57 Å². The van der Waals surface area contributed by atoms with Crippen molar-refractivity contribution in [3.05, 3.63) is 24.5 Å². The third-order valence-corrected chi connectivity index (χ3v) is 2.10. The van der Waals surface area contributed by atoms with Crippen molar-refractivity contribution in [2.45, 2.75) is 6.92 Å². The lowest BCUT2D eigenvalue weighted by Crippen LogP contribution is -2.15. The standard InChI is InChI=1S/C9H12O7S/c1-3-8(10)16-6-7(2)9(11)15-4-5-17(12,13)14/h3,6H,1,4-5H2,2H3,(H,12,13,14). The average Bonchev–Trinajstić information content (AvgIpc) is 2.23. The minimum absolute atomic E-state index is 0.0319. The maximum atomic E-state index is 11.1. The first-order valence-corrected chi connectivity index (χ1v) is 5.99. The molecule has 0 aliphatic rings. The molecule has 0 aromatic rings. The fourth-order valence-electron chi connectivity index (χ4n) is 0.596. The number of hydrogen-bond donors (Lipinski definition) is 1. The van der Waals surface area contributed by atoms with Crippen LogP contribution in [0.25, 0.3) is 0 Å². The maximum Gasteiger partial charge on any atom is 0.336 e. The second-order valence-electron chi connectivity index (χ2n) is 2.86. The van der Waals surface area contributed by atoms with Gasteiger partial charge in [0.15, 0.2) is 0 Å².